The number of pyridine rings is 1. The Morgan fingerprint density at radius 1 is 1.44 bits per heavy atom. The van der Waals surface area contributed by atoms with Crippen molar-refractivity contribution in [2.24, 2.45) is 0 Å². The quantitative estimate of drug-likeness (QED) is 0.881. The molecule has 1 fully saturated rings. The van der Waals surface area contributed by atoms with Gasteiger partial charge in [0.1, 0.15) is 12.7 Å². The molecule has 0 spiro atoms. The van der Waals surface area contributed by atoms with E-state index in [4.69, 9.17) is 4.74 Å². The number of hydrogen-bond acceptors (Lipinski definition) is 5. The molecule has 0 aliphatic carbocycles. The molecule has 0 bridgehead atoms. The van der Waals surface area contributed by atoms with Crippen LogP contribution >= 0.6 is 0 Å². The highest BCUT2D eigenvalue weighted by atomic mass is 16.5. The molecule has 1 aliphatic heterocycles. The molecule has 2 aromatic rings. The Kier molecular flexibility index (Phi) is 2.93. The van der Waals surface area contributed by atoms with Gasteiger partial charge >= 0.3 is 0 Å². The van der Waals surface area contributed by atoms with Crippen LogP contribution in [0.4, 0.5) is 5.69 Å². The van der Waals surface area contributed by atoms with Gasteiger partial charge in [-0.2, -0.15) is 5.10 Å². The van der Waals surface area contributed by atoms with Crippen LogP contribution in [0.5, 0.6) is 0 Å². The van der Waals surface area contributed by atoms with E-state index in [9.17, 15) is 0 Å². The van der Waals surface area contributed by atoms with E-state index < -0.39 is 0 Å². The van der Waals surface area contributed by atoms with Gasteiger partial charge in [0.15, 0.2) is 5.82 Å². The zero-order valence-electron chi connectivity index (χ0n) is 10.2. The summed E-state index contributed by atoms with van der Waals surface area (Å²) in [5.74, 6) is 0.758. The SMILES string of the molecule is CC1OCCC1Nc1ccc(-n2cncn2)nc1. The Morgan fingerprint density at radius 3 is 3.00 bits per heavy atom. The van der Waals surface area contributed by atoms with Crippen molar-refractivity contribution in [1.82, 2.24) is 19.7 Å². The zero-order valence-corrected chi connectivity index (χ0v) is 10.2. The zero-order chi connectivity index (χ0) is 12.4. The van der Waals surface area contributed by atoms with Crippen molar-refractivity contribution >= 4 is 5.69 Å². The van der Waals surface area contributed by atoms with E-state index in [2.05, 4.69) is 27.3 Å². The third kappa shape index (κ3) is 2.19. The lowest BCUT2D eigenvalue weighted by Gasteiger charge is -2.17. The van der Waals surface area contributed by atoms with Gasteiger partial charge in [-0.25, -0.2) is 14.6 Å². The van der Waals surface area contributed by atoms with Gasteiger partial charge in [-0.15, -0.1) is 0 Å². The largest absolute Gasteiger partial charge is 0.378 e. The fraction of sp³-hybridized carbons (Fsp3) is 0.417. The summed E-state index contributed by atoms with van der Waals surface area (Å²) in [6, 6.07) is 4.27. The van der Waals surface area contributed by atoms with E-state index in [1.165, 1.54) is 6.33 Å². The average molecular weight is 245 g/mol. The van der Waals surface area contributed by atoms with Gasteiger partial charge in [-0.05, 0) is 25.5 Å². The molecule has 3 heterocycles. The summed E-state index contributed by atoms with van der Waals surface area (Å²) in [4.78, 5) is 8.24. The predicted molar refractivity (Wildman–Crippen MR) is 66.6 cm³/mol. The van der Waals surface area contributed by atoms with Gasteiger partial charge in [-0.3, -0.25) is 0 Å². The van der Waals surface area contributed by atoms with Crippen molar-refractivity contribution < 1.29 is 4.74 Å². The van der Waals surface area contributed by atoms with E-state index in [-0.39, 0.29) is 6.10 Å². The number of hydrogen-bond donors (Lipinski definition) is 1. The number of ether oxygens (including phenoxy) is 1. The monoisotopic (exact) mass is 245 g/mol. The first-order chi connectivity index (χ1) is 8.83. The van der Waals surface area contributed by atoms with Crippen LogP contribution in [0, 0.1) is 0 Å². The van der Waals surface area contributed by atoms with Crippen molar-refractivity contribution in [2.45, 2.75) is 25.5 Å². The van der Waals surface area contributed by atoms with Crippen LogP contribution in [0.3, 0.4) is 0 Å². The number of rotatable bonds is 3. The van der Waals surface area contributed by atoms with E-state index in [0.717, 1.165) is 24.5 Å². The maximum absolute atomic E-state index is 5.51. The molecule has 1 saturated heterocycles. The number of nitrogens with zero attached hydrogens (tertiary/aromatic N) is 4. The Morgan fingerprint density at radius 2 is 2.39 bits per heavy atom. The molecule has 18 heavy (non-hydrogen) atoms. The summed E-state index contributed by atoms with van der Waals surface area (Å²) in [7, 11) is 0. The average Bonchev–Trinajstić information content (AvgIpc) is 3.03. The van der Waals surface area contributed by atoms with Gasteiger partial charge in [0.25, 0.3) is 0 Å². The fourth-order valence-electron chi connectivity index (χ4n) is 2.07. The topological polar surface area (TPSA) is 64.9 Å². The second kappa shape index (κ2) is 4.73. The van der Waals surface area contributed by atoms with Gasteiger partial charge in [-0.1, -0.05) is 0 Å². The van der Waals surface area contributed by atoms with Gasteiger partial charge in [0.2, 0.25) is 0 Å². The second-order valence-corrected chi connectivity index (χ2v) is 4.36. The highest BCUT2D eigenvalue weighted by Gasteiger charge is 2.23. The first-order valence-corrected chi connectivity index (χ1v) is 6.02. The van der Waals surface area contributed by atoms with Crippen LogP contribution in [-0.4, -0.2) is 38.5 Å². The molecule has 1 N–H and O–H groups in total. The maximum atomic E-state index is 5.51. The minimum atomic E-state index is 0.250. The fourth-order valence-corrected chi connectivity index (χ4v) is 2.07. The van der Waals surface area contributed by atoms with Crippen molar-refractivity contribution in [3.8, 4) is 5.82 Å². The molecule has 0 saturated carbocycles. The number of aromatic nitrogens is 4. The Bertz CT molecular complexity index is 496. The summed E-state index contributed by atoms with van der Waals surface area (Å²) in [5, 5.41) is 7.46. The summed E-state index contributed by atoms with van der Waals surface area (Å²) in [6.45, 7) is 2.91. The lowest BCUT2D eigenvalue weighted by Crippen LogP contribution is -2.26. The van der Waals surface area contributed by atoms with Crippen molar-refractivity contribution in [3.05, 3.63) is 31.0 Å². The smallest absolute Gasteiger partial charge is 0.155 e. The summed E-state index contributed by atoms with van der Waals surface area (Å²) >= 11 is 0. The van der Waals surface area contributed by atoms with Gasteiger partial charge in [0.05, 0.1) is 24.0 Å². The van der Waals surface area contributed by atoms with Crippen LogP contribution < -0.4 is 5.32 Å². The van der Waals surface area contributed by atoms with Crippen LogP contribution in [-0.2, 0) is 4.74 Å². The van der Waals surface area contributed by atoms with Crippen molar-refractivity contribution in [2.75, 3.05) is 11.9 Å². The lowest BCUT2D eigenvalue weighted by molar-refractivity contribution is 0.121. The number of nitrogens with one attached hydrogen (secondary N) is 1. The molecule has 6 heteroatoms. The van der Waals surface area contributed by atoms with Crippen LogP contribution in [0.15, 0.2) is 31.0 Å². The highest BCUT2D eigenvalue weighted by molar-refractivity contribution is 5.44. The maximum Gasteiger partial charge on any atom is 0.155 e. The van der Waals surface area contributed by atoms with Gasteiger partial charge < -0.3 is 10.1 Å². The van der Waals surface area contributed by atoms with E-state index in [0.29, 0.717) is 6.04 Å². The summed E-state index contributed by atoms with van der Waals surface area (Å²) < 4.78 is 7.15. The molecular weight excluding hydrogens is 230 g/mol. The summed E-state index contributed by atoms with van der Waals surface area (Å²) in [5.41, 5.74) is 1.00. The highest BCUT2D eigenvalue weighted by Crippen LogP contribution is 2.18. The molecular formula is C12H15N5O. The number of anilines is 1. The van der Waals surface area contributed by atoms with Gasteiger partial charge in [0, 0.05) is 6.61 Å². The molecule has 3 rings (SSSR count). The second-order valence-electron chi connectivity index (χ2n) is 4.36. The lowest BCUT2D eigenvalue weighted by atomic mass is 10.1. The minimum Gasteiger partial charge on any atom is -0.378 e. The van der Waals surface area contributed by atoms with Crippen molar-refractivity contribution in [3.63, 3.8) is 0 Å². The van der Waals surface area contributed by atoms with Crippen LogP contribution in [0.25, 0.3) is 5.82 Å². The third-order valence-electron chi connectivity index (χ3n) is 3.13. The molecule has 0 aromatic carbocycles. The molecule has 0 radical (unpaired) electrons. The van der Waals surface area contributed by atoms with E-state index in [1.54, 1.807) is 11.0 Å². The standard InChI is InChI=1S/C12H15N5O/c1-9-11(4-5-18-9)16-10-2-3-12(14-6-10)17-8-13-7-15-17/h2-3,6-9,11,16H,4-5H2,1H3. The predicted octanol–water partition coefficient (Wildman–Crippen LogP) is 1.25. The molecule has 2 aromatic heterocycles. The molecule has 2 unspecified atom stereocenters. The van der Waals surface area contributed by atoms with Crippen LogP contribution in [0.1, 0.15) is 13.3 Å². The van der Waals surface area contributed by atoms with E-state index >= 15 is 0 Å². The molecule has 1 aliphatic rings. The Balaban J connectivity index is 1.71. The van der Waals surface area contributed by atoms with Crippen molar-refractivity contribution in [1.29, 1.82) is 0 Å². The minimum absolute atomic E-state index is 0.250. The van der Waals surface area contributed by atoms with Crippen LogP contribution in [0.2, 0.25) is 0 Å². The summed E-state index contributed by atoms with van der Waals surface area (Å²) in [6.07, 6.45) is 6.21. The Hall–Kier alpha value is -1.95. The molecule has 0 amide bonds. The Labute approximate surface area is 105 Å². The van der Waals surface area contributed by atoms with E-state index in [1.807, 2.05) is 18.3 Å². The first kappa shape index (κ1) is 11.2. The molecule has 6 nitrogen and oxygen atoms in total. The first-order valence-electron chi connectivity index (χ1n) is 6.02. The molecule has 2 atom stereocenters. The third-order valence-corrected chi connectivity index (χ3v) is 3.13. The molecule has 94 valence electrons. The normalized spacial score (nSPS) is 23.2.